The normalized spacial score (nSPS) is 15.1. The van der Waals surface area contributed by atoms with E-state index < -0.39 is 0 Å². The van der Waals surface area contributed by atoms with Gasteiger partial charge in [-0.1, -0.05) is 12.1 Å². The number of phenols is 1. The lowest BCUT2D eigenvalue weighted by atomic mass is 10.2. The molecule has 1 amide bonds. The quantitative estimate of drug-likeness (QED) is 0.719. The van der Waals surface area contributed by atoms with Gasteiger partial charge in [0.15, 0.2) is 0 Å². The number of carbonyl (C=O) groups excluding carboxylic acids is 1. The van der Waals surface area contributed by atoms with Crippen molar-refractivity contribution in [2.75, 3.05) is 44.7 Å². The van der Waals surface area contributed by atoms with E-state index in [1.165, 1.54) is 0 Å². The van der Waals surface area contributed by atoms with Crippen LogP contribution in [-0.2, 0) is 11.3 Å². The third-order valence-corrected chi connectivity index (χ3v) is 6.10. The van der Waals surface area contributed by atoms with E-state index in [-0.39, 0.29) is 11.7 Å². The lowest BCUT2D eigenvalue weighted by molar-refractivity contribution is -0.131. The summed E-state index contributed by atoms with van der Waals surface area (Å²) in [5, 5.41) is 10.4. The van der Waals surface area contributed by atoms with E-state index >= 15 is 0 Å². The maximum Gasteiger partial charge on any atom is 0.236 e. The Morgan fingerprint density at radius 2 is 1.82 bits per heavy atom. The van der Waals surface area contributed by atoms with Gasteiger partial charge in [0.05, 0.1) is 23.3 Å². The van der Waals surface area contributed by atoms with Gasteiger partial charge in [-0.2, -0.15) is 0 Å². The van der Waals surface area contributed by atoms with Crippen LogP contribution in [0, 0.1) is 0 Å². The fraction of sp³-hybridized carbons (Fsp3) is 0.333. The van der Waals surface area contributed by atoms with E-state index in [1.807, 2.05) is 37.4 Å². The molecular weight excluding hydrogens is 372 g/mol. The monoisotopic (exact) mass is 396 g/mol. The van der Waals surface area contributed by atoms with Crippen molar-refractivity contribution in [1.82, 2.24) is 14.8 Å². The van der Waals surface area contributed by atoms with Gasteiger partial charge in [0, 0.05) is 38.9 Å². The minimum atomic E-state index is 0.123. The van der Waals surface area contributed by atoms with Crippen LogP contribution in [-0.4, -0.2) is 65.6 Å². The van der Waals surface area contributed by atoms with Gasteiger partial charge in [-0.15, -0.1) is 11.3 Å². The number of likely N-dealkylation sites (N-methyl/N-ethyl adjacent to an activating group) is 1. The highest BCUT2D eigenvalue weighted by Crippen LogP contribution is 2.23. The van der Waals surface area contributed by atoms with E-state index in [0.717, 1.165) is 47.1 Å². The second-order valence-corrected chi connectivity index (χ2v) is 8.22. The topological polar surface area (TPSA) is 59.9 Å². The van der Waals surface area contributed by atoms with E-state index in [4.69, 9.17) is 0 Å². The number of thiazole rings is 1. The molecule has 3 aromatic rings. The molecule has 0 spiro atoms. The number of anilines is 1. The van der Waals surface area contributed by atoms with E-state index in [9.17, 15) is 9.90 Å². The molecule has 0 saturated carbocycles. The number of amides is 1. The Kier molecular flexibility index (Phi) is 5.45. The molecule has 146 valence electrons. The first-order chi connectivity index (χ1) is 13.6. The van der Waals surface area contributed by atoms with E-state index in [2.05, 4.69) is 20.9 Å². The van der Waals surface area contributed by atoms with Crippen LogP contribution in [0.1, 0.15) is 5.01 Å². The molecule has 0 unspecified atom stereocenters. The summed E-state index contributed by atoms with van der Waals surface area (Å²) in [7, 11) is 1.85. The second kappa shape index (κ2) is 8.16. The Balaban J connectivity index is 1.28. The number of hydrogen-bond donors (Lipinski definition) is 1. The first-order valence-corrected chi connectivity index (χ1v) is 10.2. The maximum atomic E-state index is 12.6. The molecule has 1 N–H and O–H groups in total. The van der Waals surface area contributed by atoms with Crippen molar-refractivity contribution in [2.45, 2.75) is 6.54 Å². The summed E-state index contributed by atoms with van der Waals surface area (Å²) < 4.78 is 1.16. The van der Waals surface area contributed by atoms with E-state index in [0.29, 0.717) is 13.1 Å². The average Bonchev–Trinajstić information content (AvgIpc) is 3.11. The summed E-state index contributed by atoms with van der Waals surface area (Å²) in [6.45, 7) is 4.43. The number of aromatic hydroxyl groups is 1. The Hall–Kier alpha value is -2.64. The Bertz CT molecular complexity index is 915. The second-order valence-electron chi connectivity index (χ2n) is 7.10. The molecule has 0 bridgehead atoms. The van der Waals surface area contributed by atoms with Crippen molar-refractivity contribution in [2.24, 2.45) is 0 Å². The summed E-state index contributed by atoms with van der Waals surface area (Å²) in [5.41, 5.74) is 2.10. The highest BCUT2D eigenvalue weighted by Gasteiger charge is 2.21. The van der Waals surface area contributed by atoms with Gasteiger partial charge in [0.1, 0.15) is 10.8 Å². The third kappa shape index (κ3) is 4.26. The highest BCUT2D eigenvalue weighted by atomic mass is 32.1. The molecule has 1 aliphatic rings. The summed E-state index contributed by atoms with van der Waals surface area (Å²) in [6.07, 6.45) is 0. The number of fused-ring (bicyclic) bond motifs is 1. The van der Waals surface area contributed by atoms with Crippen LogP contribution < -0.4 is 4.90 Å². The van der Waals surface area contributed by atoms with Crippen molar-refractivity contribution in [3.63, 3.8) is 0 Å². The molecule has 28 heavy (non-hydrogen) atoms. The number of phenolic OH excluding ortho intramolecular Hbond substituents is 1. The largest absolute Gasteiger partial charge is 0.508 e. The molecule has 1 aromatic heterocycles. The summed E-state index contributed by atoms with van der Waals surface area (Å²) in [5.74, 6) is 0.404. The molecule has 0 atom stereocenters. The standard InChI is InChI=1S/C21H24N4O2S/c1-23(14-20-22-18-4-2-3-5-19(18)28-20)21(27)15-24-10-12-25(13-11-24)16-6-8-17(26)9-7-16/h2-9,26H,10-15H2,1H3. The molecule has 6 nitrogen and oxygen atoms in total. The van der Waals surface area contributed by atoms with Crippen molar-refractivity contribution in [1.29, 1.82) is 0 Å². The van der Waals surface area contributed by atoms with Crippen LogP contribution in [0.3, 0.4) is 0 Å². The molecule has 2 aromatic carbocycles. The smallest absolute Gasteiger partial charge is 0.236 e. The average molecular weight is 397 g/mol. The Labute approximate surface area is 168 Å². The number of aromatic nitrogens is 1. The zero-order valence-corrected chi connectivity index (χ0v) is 16.7. The Morgan fingerprint density at radius 3 is 2.54 bits per heavy atom. The maximum absolute atomic E-state index is 12.6. The van der Waals surface area contributed by atoms with Crippen LogP contribution in [0.15, 0.2) is 48.5 Å². The van der Waals surface area contributed by atoms with Crippen LogP contribution >= 0.6 is 11.3 Å². The molecule has 2 heterocycles. The van der Waals surface area contributed by atoms with Crippen LogP contribution in [0.4, 0.5) is 5.69 Å². The molecule has 4 rings (SSSR count). The molecule has 0 aliphatic carbocycles. The number of hydrogen-bond acceptors (Lipinski definition) is 6. The molecule has 0 radical (unpaired) electrons. The zero-order valence-electron chi connectivity index (χ0n) is 15.9. The number of nitrogens with zero attached hydrogens (tertiary/aromatic N) is 4. The van der Waals surface area contributed by atoms with Crippen molar-refractivity contribution in [3.8, 4) is 5.75 Å². The van der Waals surface area contributed by atoms with Crippen molar-refractivity contribution >= 4 is 33.1 Å². The number of piperazine rings is 1. The fourth-order valence-corrected chi connectivity index (χ4v) is 4.44. The predicted molar refractivity (Wildman–Crippen MR) is 113 cm³/mol. The van der Waals surface area contributed by atoms with Gasteiger partial charge >= 0.3 is 0 Å². The lowest BCUT2D eigenvalue weighted by Crippen LogP contribution is -2.49. The molecule has 7 heteroatoms. The van der Waals surface area contributed by atoms with Gasteiger partial charge in [0.25, 0.3) is 0 Å². The number of para-hydroxylation sites is 1. The zero-order chi connectivity index (χ0) is 19.5. The number of benzene rings is 2. The van der Waals surface area contributed by atoms with E-state index in [1.54, 1.807) is 28.4 Å². The van der Waals surface area contributed by atoms with Crippen molar-refractivity contribution in [3.05, 3.63) is 53.5 Å². The fourth-order valence-electron chi connectivity index (χ4n) is 3.42. The summed E-state index contributed by atoms with van der Waals surface area (Å²) >= 11 is 1.64. The van der Waals surface area contributed by atoms with Gasteiger partial charge in [-0.25, -0.2) is 4.98 Å². The van der Waals surface area contributed by atoms with Crippen molar-refractivity contribution < 1.29 is 9.90 Å². The van der Waals surface area contributed by atoms with Crippen LogP contribution in [0.25, 0.3) is 10.2 Å². The first kappa shape index (κ1) is 18.7. The third-order valence-electron chi connectivity index (χ3n) is 5.08. The number of rotatable bonds is 5. The lowest BCUT2D eigenvalue weighted by Gasteiger charge is -2.36. The SMILES string of the molecule is CN(Cc1nc2ccccc2s1)C(=O)CN1CCN(c2ccc(O)cc2)CC1. The van der Waals surface area contributed by atoms with Gasteiger partial charge < -0.3 is 14.9 Å². The van der Waals surface area contributed by atoms with Gasteiger partial charge in [-0.05, 0) is 36.4 Å². The minimum absolute atomic E-state index is 0.123. The summed E-state index contributed by atoms with van der Waals surface area (Å²) in [4.78, 5) is 23.5. The first-order valence-electron chi connectivity index (χ1n) is 9.43. The molecule has 1 saturated heterocycles. The Morgan fingerprint density at radius 1 is 1.11 bits per heavy atom. The molecule has 1 aliphatic heterocycles. The van der Waals surface area contributed by atoms with Crippen LogP contribution in [0.5, 0.6) is 5.75 Å². The molecular formula is C21H24N4O2S. The van der Waals surface area contributed by atoms with Gasteiger partial charge in [-0.3, -0.25) is 9.69 Å². The molecule has 1 fully saturated rings. The summed E-state index contributed by atoms with van der Waals surface area (Å²) in [6, 6.07) is 15.3. The number of carbonyl (C=O) groups is 1. The van der Waals surface area contributed by atoms with Crippen LogP contribution in [0.2, 0.25) is 0 Å². The minimum Gasteiger partial charge on any atom is -0.508 e. The predicted octanol–water partition coefficient (Wildman–Crippen LogP) is 2.78. The van der Waals surface area contributed by atoms with Gasteiger partial charge in [0.2, 0.25) is 5.91 Å². The highest BCUT2D eigenvalue weighted by molar-refractivity contribution is 7.18.